The molecule has 5 rings (SSSR count). The van der Waals surface area contributed by atoms with E-state index in [1.54, 1.807) is 34.9 Å². The monoisotopic (exact) mass is 591 g/mol. The van der Waals surface area contributed by atoms with Crippen LogP contribution in [0.5, 0.6) is 5.75 Å². The zero-order chi connectivity index (χ0) is 29.7. The molecule has 12 heteroatoms. The van der Waals surface area contributed by atoms with Crippen molar-refractivity contribution in [2.75, 3.05) is 18.2 Å². The smallest absolute Gasteiger partial charge is 0.418 e. The van der Waals surface area contributed by atoms with Crippen LogP contribution in [0, 0.1) is 0 Å². The average Bonchev–Trinajstić information content (AvgIpc) is 3.40. The lowest BCUT2D eigenvalue weighted by Gasteiger charge is -2.15. The van der Waals surface area contributed by atoms with Crippen LogP contribution < -0.4 is 15.4 Å². The lowest BCUT2D eigenvalue weighted by Crippen LogP contribution is -2.25. The predicted molar refractivity (Wildman–Crippen MR) is 154 cm³/mol. The van der Waals surface area contributed by atoms with Crippen molar-refractivity contribution in [1.82, 2.24) is 20.1 Å². The number of amides is 2. The molecule has 0 saturated heterocycles. The molecule has 5 aromatic rings. The summed E-state index contributed by atoms with van der Waals surface area (Å²) in [7, 11) is 1.50. The van der Waals surface area contributed by atoms with Gasteiger partial charge in [0.25, 0.3) is 5.91 Å². The maximum Gasteiger partial charge on any atom is 0.418 e. The number of methoxy groups -OCH3 is 1. The Bertz CT molecular complexity index is 1750. The summed E-state index contributed by atoms with van der Waals surface area (Å²) < 4.78 is 47.2. The van der Waals surface area contributed by atoms with Crippen LogP contribution in [0.1, 0.15) is 21.7 Å². The topological polar surface area (TPSA) is 98.1 Å². The number of nitrogens with zero attached hydrogens (tertiary/aromatic N) is 3. The Kier molecular flexibility index (Phi) is 8.43. The Morgan fingerprint density at radius 3 is 2.43 bits per heavy atom. The van der Waals surface area contributed by atoms with Gasteiger partial charge in [0.1, 0.15) is 5.75 Å². The number of thioether (sulfide) groups is 1. The molecule has 2 amide bonds. The van der Waals surface area contributed by atoms with Crippen LogP contribution in [0.3, 0.4) is 0 Å². The van der Waals surface area contributed by atoms with Crippen molar-refractivity contribution >= 4 is 40.0 Å². The third kappa shape index (κ3) is 6.23. The first-order valence-corrected chi connectivity index (χ1v) is 13.7. The fourth-order valence-electron chi connectivity index (χ4n) is 4.40. The van der Waals surface area contributed by atoms with E-state index in [1.807, 2.05) is 36.4 Å². The van der Waals surface area contributed by atoms with Gasteiger partial charge in [-0.3, -0.25) is 14.2 Å². The van der Waals surface area contributed by atoms with Crippen molar-refractivity contribution in [3.8, 4) is 11.4 Å². The van der Waals surface area contributed by atoms with Crippen LogP contribution >= 0.6 is 11.8 Å². The maximum absolute atomic E-state index is 13.4. The van der Waals surface area contributed by atoms with Gasteiger partial charge in [0.05, 0.1) is 36.3 Å². The molecule has 0 saturated carbocycles. The number of carbonyl (C=O) groups excluding carboxylic acids is 2. The summed E-state index contributed by atoms with van der Waals surface area (Å²) in [6.07, 6.45) is -4.62. The lowest BCUT2D eigenvalue weighted by atomic mass is 10.0. The van der Waals surface area contributed by atoms with E-state index in [4.69, 9.17) is 4.74 Å². The number of alkyl halides is 3. The largest absolute Gasteiger partial charge is 0.495 e. The second-order valence-corrected chi connectivity index (χ2v) is 9.94. The molecule has 0 spiro atoms. The highest BCUT2D eigenvalue weighted by Gasteiger charge is 2.33. The number of ether oxygens (including phenoxy) is 1. The van der Waals surface area contributed by atoms with Crippen LogP contribution in [0.25, 0.3) is 16.5 Å². The summed E-state index contributed by atoms with van der Waals surface area (Å²) in [4.78, 5) is 25.8. The minimum absolute atomic E-state index is 0.00117. The first-order valence-electron chi connectivity index (χ1n) is 12.7. The van der Waals surface area contributed by atoms with Crippen LogP contribution in [-0.4, -0.2) is 39.4 Å². The van der Waals surface area contributed by atoms with E-state index in [9.17, 15) is 22.8 Å². The molecule has 1 heterocycles. The third-order valence-corrected chi connectivity index (χ3v) is 7.24. The minimum atomic E-state index is -4.62. The van der Waals surface area contributed by atoms with Crippen LogP contribution in [0.4, 0.5) is 18.9 Å². The van der Waals surface area contributed by atoms with Crippen LogP contribution in [-0.2, 0) is 17.5 Å². The Hall–Kier alpha value is -4.84. The van der Waals surface area contributed by atoms with Gasteiger partial charge in [0, 0.05) is 5.56 Å². The van der Waals surface area contributed by atoms with Crippen LogP contribution in [0.2, 0.25) is 0 Å². The highest BCUT2D eigenvalue weighted by Crippen LogP contribution is 2.35. The molecule has 0 radical (unpaired) electrons. The minimum Gasteiger partial charge on any atom is -0.495 e. The van der Waals surface area contributed by atoms with Crippen molar-refractivity contribution in [3.05, 3.63) is 108 Å². The van der Waals surface area contributed by atoms with E-state index in [2.05, 4.69) is 20.8 Å². The van der Waals surface area contributed by atoms with Gasteiger partial charge in [-0.05, 0) is 41.1 Å². The SMILES string of the molecule is COc1ccccc1-n1c(CNC(=O)c2cccc3ccccc23)nnc1SCC(=O)Nc1ccccc1C(F)(F)F. The second kappa shape index (κ2) is 12.4. The molecule has 8 nitrogen and oxygen atoms in total. The van der Waals surface area contributed by atoms with E-state index < -0.39 is 17.6 Å². The van der Waals surface area contributed by atoms with Gasteiger partial charge in [-0.25, -0.2) is 0 Å². The number of nitrogens with one attached hydrogen (secondary N) is 2. The summed E-state index contributed by atoms with van der Waals surface area (Å²) in [5.41, 5.74) is -0.213. The highest BCUT2D eigenvalue weighted by molar-refractivity contribution is 7.99. The molecule has 1 aromatic heterocycles. The van der Waals surface area contributed by atoms with E-state index >= 15 is 0 Å². The number of benzene rings is 4. The lowest BCUT2D eigenvalue weighted by molar-refractivity contribution is -0.137. The summed E-state index contributed by atoms with van der Waals surface area (Å²) >= 11 is 0.983. The molecule has 42 heavy (non-hydrogen) atoms. The Balaban J connectivity index is 1.38. The average molecular weight is 592 g/mol. The van der Waals surface area contributed by atoms with Gasteiger partial charge < -0.3 is 15.4 Å². The summed E-state index contributed by atoms with van der Waals surface area (Å²) in [5.74, 6) is -0.361. The quantitative estimate of drug-likeness (QED) is 0.201. The molecule has 0 unspecified atom stereocenters. The highest BCUT2D eigenvalue weighted by atomic mass is 32.2. The molecule has 4 aromatic carbocycles. The first kappa shape index (κ1) is 28.7. The van der Waals surface area contributed by atoms with Crippen molar-refractivity contribution in [3.63, 3.8) is 0 Å². The number of halogens is 3. The van der Waals surface area contributed by atoms with E-state index in [0.29, 0.717) is 22.8 Å². The molecular weight excluding hydrogens is 567 g/mol. The summed E-state index contributed by atoms with van der Waals surface area (Å²) in [5, 5.41) is 15.7. The maximum atomic E-state index is 13.4. The fourth-order valence-corrected chi connectivity index (χ4v) is 5.16. The van der Waals surface area contributed by atoms with Crippen molar-refractivity contribution in [2.24, 2.45) is 0 Å². The standard InChI is InChI=1S/C30H24F3N5O3S/c1-41-25-16-7-6-15-24(25)38-26(17-34-28(40)21-12-8-10-19-9-2-3-11-20(19)21)36-37-29(38)42-18-27(39)35-23-14-5-4-13-22(23)30(31,32)33/h2-16H,17-18H2,1H3,(H,34,40)(H,35,39). The van der Waals surface area contributed by atoms with Crippen molar-refractivity contribution < 1.29 is 27.5 Å². The molecule has 0 bridgehead atoms. The molecule has 0 aliphatic heterocycles. The number of rotatable bonds is 9. The van der Waals surface area contributed by atoms with Crippen molar-refractivity contribution in [2.45, 2.75) is 17.9 Å². The molecular formula is C30H24F3N5O3S. The number of fused-ring (bicyclic) bond motifs is 1. The molecule has 0 aliphatic rings. The molecule has 0 fully saturated rings. The fraction of sp³-hybridized carbons (Fsp3) is 0.133. The molecule has 2 N–H and O–H groups in total. The molecule has 0 aliphatic carbocycles. The van der Waals surface area contributed by atoms with E-state index in [0.717, 1.165) is 28.6 Å². The van der Waals surface area contributed by atoms with Gasteiger partial charge in [-0.15, -0.1) is 10.2 Å². The predicted octanol–water partition coefficient (Wildman–Crippen LogP) is 6.11. The van der Waals surface area contributed by atoms with Gasteiger partial charge in [0.2, 0.25) is 5.91 Å². The van der Waals surface area contributed by atoms with Gasteiger partial charge in [0.15, 0.2) is 11.0 Å². The number of para-hydroxylation sites is 3. The molecule has 214 valence electrons. The zero-order valence-corrected chi connectivity index (χ0v) is 23.0. The Labute approximate surface area is 242 Å². The Morgan fingerprint density at radius 1 is 0.905 bits per heavy atom. The number of aromatic nitrogens is 3. The first-order chi connectivity index (χ1) is 20.3. The molecule has 0 atom stereocenters. The summed E-state index contributed by atoms with van der Waals surface area (Å²) in [6.45, 7) is -0.00117. The van der Waals surface area contributed by atoms with E-state index in [-0.39, 0.29) is 29.0 Å². The zero-order valence-electron chi connectivity index (χ0n) is 22.2. The van der Waals surface area contributed by atoms with Crippen molar-refractivity contribution in [1.29, 1.82) is 0 Å². The van der Waals surface area contributed by atoms with Crippen LogP contribution in [0.15, 0.2) is 96.2 Å². The normalized spacial score (nSPS) is 11.3. The third-order valence-electron chi connectivity index (χ3n) is 6.31. The van der Waals surface area contributed by atoms with E-state index in [1.165, 1.54) is 25.3 Å². The number of hydrogen-bond acceptors (Lipinski definition) is 6. The summed E-state index contributed by atoms with van der Waals surface area (Å²) in [6, 6.07) is 24.8. The van der Waals surface area contributed by atoms with Gasteiger partial charge in [-0.2, -0.15) is 13.2 Å². The number of anilines is 1. The number of hydrogen-bond donors (Lipinski definition) is 2. The Morgan fingerprint density at radius 2 is 1.62 bits per heavy atom. The second-order valence-electron chi connectivity index (χ2n) is 9.00. The van der Waals surface area contributed by atoms with Gasteiger partial charge in [-0.1, -0.05) is 72.4 Å². The number of carbonyl (C=O) groups is 2. The van der Waals surface area contributed by atoms with Gasteiger partial charge >= 0.3 is 6.18 Å².